The number of amides is 2. The van der Waals surface area contributed by atoms with Gasteiger partial charge in [-0.2, -0.15) is 0 Å². The van der Waals surface area contributed by atoms with E-state index in [0.717, 1.165) is 18.5 Å². The van der Waals surface area contributed by atoms with Crippen LogP contribution in [0.1, 0.15) is 18.9 Å². The molecule has 2 amide bonds. The van der Waals surface area contributed by atoms with Crippen molar-refractivity contribution in [1.82, 2.24) is 10.2 Å². The molecule has 2 rings (SSSR count). The highest BCUT2D eigenvalue weighted by Crippen LogP contribution is 2.19. The predicted molar refractivity (Wildman–Crippen MR) is 82.9 cm³/mol. The first-order chi connectivity index (χ1) is 9.97. The molecule has 0 saturated carbocycles. The first-order valence-electron chi connectivity index (χ1n) is 7.15. The molecule has 4 N–H and O–H groups in total. The molecule has 1 heterocycles. The van der Waals surface area contributed by atoms with Crippen LogP contribution in [0, 0.1) is 6.92 Å². The first-order valence-corrected chi connectivity index (χ1v) is 7.15. The summed E-state index contributed by atoms with van der Waals surface area (Å²) in [6, 6.07) is 5.05. The average Bonchev–Trinajstić information content (AvgIpc) is 2.66. The van der Waals surface area contributed by atoms with Gasteiger partial charge in [-0.3, -0.25) is 14.5 Å². The molecule has 1 fully saturated rings. The fraction of sp³-hybridized carbons (Fsp3) is 0.467. The molecule has 1 unspecified atom stereocenters. The second-order valence-electron chi connectivity index (χ2n) is 5.41. The van der Waals surface area contributed by atoms with Crippen LogP contribution in [0.3, 0.4) is 0 Å². The Kier molecular flexibility index (Phi) is 4.80. The largest absolute Gasteiger partial charge is 0.399 e. The molecule has 114 valence electrons. The van der Waals surface area contributed by atoms with E-state index >= 15 is 0 Å². The third kappa shape index (κ3) is 3.95. The Balaban J connectivity index is 2.04. The maximum absolute atomic E-state index is 12.4. The van der Waals surface area contributed by atoms with E-state index in [1.54, 1.807) is 12.1 Å². The molecule has 1 aromatic carbocycles. The van der Waals surface area contributed by atoms with Crippen molar-refractivity contribution in [2.45, 2.75) is 26.3 Å². The summed E-state index contributed by atoms with van der Waals surface area (Å²) in [5.74, 6) is -0.161. The maximum atomic E-state index is 12.4. The van der Waals surface area contributed by atoms with E-state index in [2.05, 4.69) is 10.6 Å². The van der Waals surface area contributed by atoms with Gasteiger partial charge in [0, 0.05) is 24.5 Å². The summed E-state index contributed by atoms with van der Waals surface area (Å²) in [7, 11) is 0. The lowest BCUT2D eigenvalue weighted by Crippen LogP contribution is -2.45. The number of rotatable bonds is 3. The van der Waals surface area contributed by atoms with Gasteiger partial charge in [-0.1, -0.05) is 6.07 Å². The highest BCUT2D eigenvalue weighted by atomic mass is 16.2. The van der Waals surface area contributed by atoms with Crippen LogP contribution in [0.2, 0.25) is 0 Å². The molecule has 0 aliphatic carbocycles. The van der Waals surface area contributed by atoms with Gasteiger partial charge < -0.3 is 16.4 Å². The van der Waals surface area contributed by atoms with Gasteiger partial charge in [0.15, 0.2) is 0 Å². The van der Waals surface area contributed by atoms with Crippen molar-refractivity contribution in [3.05, 3.63) is 23.8 Å². The monoisotopic (exact) mass is 290 g/mol. The Morgan fingerprint density at radius 2 is 2.24 bits per heavy atom. The summed E-state index contributed by atoms with van der Waals surface area (Å²) in [5, 5.41) is 5.70. The van der Waals surface area contributed by atoms with Gasteiger partial charge in [0.25, 0.3) is 0 Å². The minimum absolute atomic E-state index is 0.0349. The lowest BCUT2D eigenvalue weighted by atomic mass is 10.1. The van der Waals surface area contributed by atoms with Crippen molar-refractivity contribution >= 4 is 23.2 Å². The van der Waals surface area contributed by atoms with Gasteiger partial charge in [-0.05, 0) is 38.0 Å². The lowest BCUT2D eigenvalue weighted by Gasteiger charge is -2.25. The summed E-state index contributed by atoms with van der Waals surface area (Å²) < 4.78 is 0. The van der Waals surface area contributed by atoms with Crippen molar-refractivity contribution in [2.24, 2.45) is 0 Å². The molecule has 6 heteroatoms. The number of nitrogens with zero attached hydrogens (tertiary/aromatic N) is 1. The molecule has 1 atom stereocenters. The number of aryl methyl sites for hydroxylation is 1. The fourth-order valence-electron chi connectivity index (χ4n) is 2.34. The highest BCUT2D eigenvalue weighted by molar-refractivity contribution is 5.96. The van der Waals surface area contributed by atoms with Gasteiger partial charge in [0.05, 0.1) is 12.6 Å². The van der Waals surface area contributed by atoms with Crippen LogP contribution in [0.4, 0.5) is 11.4 Å². The van der Waals surface area contributed by atoms with Crippen molar-refractivity contribution < 1.29 is 9.59 Å². The number of carbonyl (C=O) groups is 2. The lowest BCUT2D eigenvalue weighted by molar-refractivity contribution is -0.124. The molecule has 0 spiro atoms. The minimum Gasteiger partial charge on any atom is -0.399 e. The Bertz CT molecular complexity index is 544. The van der Waals surface area contributed by atoms with Crippen LogP contribution < -0.4 is 16.4 Å². The molecule has 1 saturated heterocycles. The minimum atomic E-state index is -0.366. The van der Waals surface area contributed by atoms with Gasteiger partial charge in [-0.15, -0.1) is 0 Å². The number of nitrogens with one attached hydrogen (secondary N) is 2. The van der Waals surface area contributed by atoms with Gasteiger partial charge in [0.1, 0.15) is 0 Å². The van der Waals surface area contributed by atoms with E-state index in [0.29, 0.717) is 17.9 Å². The summed E-state index contributed by atoms with van der Waals surface area (Å²) in [6.07, 6.45) is 0.848. The summed E-state index contributed by atoms with van der Waals surface area (Å²) in [4.78, 5) is 25.8. The average molecular weight is 290 g/mol. The smallest absolute Gasteiger partial charge is 0.241 e. The molecule has 1 aliphatic rings. The molecule has 21 heavy (non-hydrogen) atoms. The molecule has 1 aromatic rings. The molecular weight excluding hydrogens is 268 g/mol. The Labute approximate surface area is 124 Å². The molecule has 0 bridgehead atoms. The number of anilines is 2. The van der Waals surface area contributed by atoms with Gasteiger partial charge in [-0.25, -0.2) is 0 Å². The van der Waals surface area contributed by atoms with Crippen LogP contribution in [-0.4, -0.2) is 42.4 Å². The van der Waals surface area contributed by atoms with Crippen molar-refractivity contribution in [3.63, 3.8) is 0 Å². The zero-order chi connectivity index (χ0) is 15.4. The summed E-state index contributed by atoms with van der Waals surface area (Å²) in [5.41, 5.74) is 8.03. The predicted octanol–water partition coefficient (Wildman–Crippen LogP) is 0.726. The van der Waals surface area contributed by atoms with Crippen LogP contribution >= 0.6 is 0 Å². The van der Waals surface area contributed by atoms with Crippen LogP contribution in [0.5, 0.6) is 0 Å². The van der Waals surface area contributed by atoms with Crippen molar-refractivity contribution in [2.75, 3.05) is 30.7 Å². The quantitative estimate of drug-likeness (QED) is 0.716. The second kappa shape index (κ2) is 6.58. The van der Waals surface area contributed by atoms with E-state index in [1.807, 2.05) is 24.8 Å². The SMILES string of the molecule is Cc1ccc(N)cc1NC(=O)C(C)N1CCCNC(=O)C1. The fourth-order valence-corrected chi connectivity index (χ4v) is 2.34. The number of carbonyl (C=O) groups excluding carboxylic acids is 2. The summed E-state index contributed by atoms with van der Waals surface area (Å²) in [6.45, 7) is 5.38. The van der Waals surface area contributed by atoms with Crippen LogP contribution in [-0.2, 0) is 9.59 Å². The van der Waals surface area contributed by atoms with E-state index in [1.165, 1.54) is 0 Å². The number of hydrogen-bond donors (Lipinski definition) is 3. The Morgan fingerprint density at radius 1 is 1.48 bits per heavy atom. The molecule has 6 nitrogen and oxygen atoms in total. The van der Waals surface area contributed by atoms with E-state index in [9.17, 15) is 9.59 Å². The van der Waals surface area contributed by atoms with E-state index in [4.69, 9.17) is 5.73 Å². The van der Waals surface area contributed by atoms with Crippen LogP contribution in [0.15, 0.2) is 18.2 Å². The third-order valence-electron chi connectivity index (χ3n) is 3.74. The molecular formula is C15H22N4O2. The van der Waals surface area contributed by atoms with Crippen molar-refractivity contribution in [3.8, 4) is 0 Å². The van der Waals surface area contributed by atoms with E-state index in [-0.39, 0.29) is 24.4 Å². The maximum Gasteiger partial charge on any atom is 0.241 e. The normalized spacial score (nSPS) is 17.7. The molecule has 0 radical (unpaired) electrons. The zero-order valence-electron chi connectivity index (χ0n) is 12.5. The van der Waals surface area contributed by atoms with Gasteiger partial charge in [0.2, 0.25) is 11.8 Å². The number of nitrogens with two attached hydrogens (primary N) is 1. The Morgan fingerprint density at radius 3 is 3.00 bits per heavy atom. The van der Waals surface area contributed by atoms with E-state index < -0.39 is 0 Å². The van der Waals surface area contributed by atoms with Crippen LogP contribution in [0.25, 0.3) is 0 Å². The third-order valence-corrected chi connectivity index (χ3v) is 3.74. The molecule has 1 aliphatic heterocycles. The topological polar surface area (TPSA) is 87.5 Å². The highest BCUT2D eigenvalue weighted by Gasteiger charge is 2.25. The van der Waals surface area contributed by atoms with Crippen molar-refractivity contribution in [1.29, 1.82) is 0 Å². The second-order valence-corrected chi connectivity index (χ2v) is 5.41. The number of hydrogen-bond acceptors (Lipinski definition) is 4. The Hall–Kier alpha value is -2.08. The number of nitrogen functional groups attached to an aromatic ring is 1. The summed E-state index contributed by atoms with van der Waals surface area (Å²) >= 11 is 0. The molecule has 0 aromatic heterocycles. The number of benzene rings is 1. The zero-order valence-corrected chi connectivity index (χ0v) is 12.5. The first kappa shape index (κ1) is 15.3. The van der Waals surface area contributed by atoms with Gasteiger partial charge >= 0.3 is 0 Å². The standard InChI is InChI=1S/C15H22N4O2/c1-10-4-5-12(16)8-13(10)18-15(21)11(2)19-7-3-6-17-14(20)9-19/h4-5,8,11H,3,6-7,9,16H2,1-2H3,(H,17,20)(H,18,21).